The lowest BCUT2D eigenvalue weighted by Crippen LogP contribution is -2.56. The van der Waals surface area contributed by atoms with Gasteiger partial charge < -0.3 is 10.2 Å². The molecular weight excluding hydrogens is 280 g/mol. The van der Waals surface area contributed by atoms with Crippen molar-refractivity contribution >= 4 is 17.3 Å². The van der Waals surface area contributed by atoms with Gasteiger partial charge in [-0.1, -0.05) is 24.1 Å². The second-order valence-corrected chi connectivity index (χ2v) is 7.56. The SMILES string of the molecule is Cc1ccc(Cl)cc1NC1C2CCCC1CN(C(C)C)C2. The Morgan fingerprint density at radius 2 is 1.86 bits per heavy atom. The van der Waals surface area contributed by atoms with E-state index in [-0.39, 0.29) is 0 Å². The first-order chi connectivity index (χ1) is 10.0. The molecule has 0 spiro atoms. The Morgan fingerprint density at radius 3 is 2.48 bits per heavy atom. The highest BCUT2D eigenvalue weighted by atomic mass is 35.5. The largest absolute Gasteiger partial charge is 0.381 e. The fourth-order valence-corrected chi connectivity index (χ4v) is 4.23. The fraction of sp³-hybridized carbons (Fsp3) is 0.667. The monoisotopic (exact) mass is 306 g/mol. The fourth-order valence-electron chi connectivity index (χ4n) is 4.06. The zero-order valence-electron chi connectivity index (χ0n) is 13.4. The molecule has 3 rings (SSSR count). The molecule has 2 unspecified atom stereocenters. The molecule has 3 heteroatoms. The van der Waals surface area contributed by atoms with Crippen molar-refractivity contribution in [2.45, 2.75) is 52.1 Å². The number of hydrogen-bond donors (Lipinski definition) is 1. The standard InChI is InChI=1S/C18H27ClN2/c1-12(2)21-10-14-5-4-6-15(11-21)18(14)20-17-9-16(19)8-7-13(17)3/h7-9,12,14-15,18,20H,4-6,10-11H2,1-3H3. The van der Waals surface area contributed by atoms with Crippen LogP contribution in [0.1, 0.15) is 38.7 Å². The molecular formula is C18H27ClN2. The summed E-state index contributed by atoms with van der Waals surface area (Å²) in [5.41, 5.74) is 2.52. The van der Waals surface area contributed by atoms with Crippen molar-refractivity contribution in [2.24, 2.45) is 11.8 Å². The van der Waals surface area contributed by atoms with E-state index in [1.807, 2.05) is 6.07 Å². The number of nitrogens with one attached hydrogen (secondary N) is 1. The number of benzene rings is 1. The van der Waals surface area contributed by atoms with Crippen molar-refractivity contribution in [2.75, 3.05) is 18.4 Å². The average Bonchev–Trinajstić information content (AvgIpc) is 2.42. The summed E-state index contributed by atoms with van der Waals surface area (Å²) in [6.07, 6.45) is 4.11. The molecule has 2 nitrogen and oxygen atoms in total. The molecule has 2 aliphatic rings. The molecule has 1 N–H and O–H groups in total. The van der Waals surface area contributed by atoms with Crippen LogP contribution in [-0.2, 0) is 0 Å². The van der Waals surface area contributed by atoms with Gasteiger partial charge in [0.1, 0.15) is 0 Å². The van der Waals surface area contributed by atoms with Crippen LogP contribution in [-0.4, -0.2) is 30.1 Å². The van der Waals surface area contributed by atoms with Crippen molar-refractivity contribution in [1.82, 2.24) is 4.90 Å². The molecule has 0 radical (unpaired) electrons. The summed E-state index contributed by atoms with van der Waals surface area (Å²) in [5, 5.41) is 4.67. The highest BCUT2D eigenvalue weighted by Crippen LogP contribution is 2.38. The van der Waals surface area contributed by atoms with Gasteiger partial charge in [0.25, 0.3) is 0 Å². The molecule has 2 fully saturated rings. The number of nitrogens with zero attached hydrogens (tertiary/aromatic N) is 1. The van der Waals surface area contributed by atoms with Crippen molar-refractivity contribution in [1.29, 1.82) is 0 Å². The lowest BCUT2D eigenvalue weighted by molar-refractivity contribution is 0.0518. The molecule has 2 bridgehead atoms. The van der Waals surface area contributed by atoms with E-state index in [0.29, 0.717) is 12.1 Å². The molecule has 1 saturated carbocycles. The summed E-state index contributed by atoms with van der Waals surface area (Å²) in [7, 11) is 0. The molecule has 1 aromatic rings. The van der Waals surface area contributed by atoms with E-state index in [1.165, 1.54) is 43.6 Å². The van der Waals surface area contributed by atoms with Gasteiger partial charge in [-0.25, -0.2) is 0 Å². The summed E-state index contributed by atoms with van der Waals surface area (Å²) in [4.78, 5) is 2.66. The van der Waals surface area contributed by atoms with Gasteiger partial charge in [-0.05, 0) is 63.1 Å². The molecule has 0 aromatic heterocycles. The maximum Gasteiger partial charge on any atom is 0.0426 e. The van der Waals surface area contributed by atoms with Gasteiger partial charge in [0.2, 0.25) is 0 Å². The van der Waals surface area contributed by atoms with Gasteiger partial charge in [-0.3, -0.25) is 0 Å². The van der Waals surface area contributed by atoms with Gasteiger partial charge in [0.15, 0.2) is 0 Å². The lowest BCUT2D eigenvalue weighted by atomic mass is 9.73. The normalized spacial score (nSPS) is 29.7. The predicted molar refractivity (Wildman–Crippen MR) is 91.1 cm³/mol. The maximum absolute atomic E-state index is 6.17. The summed E-state index contributed by atoms with van der Waals surface area (Å²) < 4.78 is 0. The number of rotatable bonds is 3. The van der Waals surface area contributed by atoms with Crippen LogP contribution in [0.2, 0.25) is 5.02 Å². The zero-order chi connectivity index (χ0) is 15.0. The van der Waals surface area contributed by atoms with Crippen LogP contribution in [0.4, 0.5) is 5.69 Å². The number of anilines is 1. The number of fused-ring (bicyclic) bond motifs is 2. The van der Waals surface area contributed by atoms with E-state index < -0.39 is 0 Å². The van der Waals surface area contributed by atoms with E-state index in [2.05, 4.69) is 43.1 Å². The van der Waals surface area contributed by atoms with Gasteiger partial charge in [0.05, 0.1) is 0 Å². The van der Waals surface area contributed by atoms with Crippen molar-refractivity contribution in [3.05, 3.63) is 28.8 Å². The van der Waals surface area contributed by atoms with E-state index in [9.17, 15) is 0 Å². The smallest absolute Gasteiger partial charge is 0.0426 e. The number of likely N-dealkylation sites (tertiary alicyclic amines) is 1. The van der Waals surface area contributed by atoms with Crippen LogP contribution in [0.5, 0.6) is 0 Å². The third-order valence-electron chi connectivity index (χ3n) is 5.36. The number of hydrogen-bond acceptors (Lipinski definition) is 2. The minimum absolute atomic E-state index is 0.617. The second kappa shape index (κ2) is 6.18. The van der Waals surface area contributed by atoms with Crippen LogP contribution in [0.25, 0.3) is 0 Å². The average molecular weight is 307 g/mol. The van der Waals surface area contributed by atoms with Crippen LogP contribution in [0, 0.1) is 18.8 Å². The van der Waals surface area contributed by atoms with Gasteiger partial charge in [-0.2, -0.15) is 0 Å². The zero-order valence-corrected chi connectivity index (χ0v) is 14.2. The molecule has 116 valence electrons. The molecule has 1 aliphatic carbocycles. The Hall–Kier alpha value is -0.730. The Labute approximate surface area is 133 Å². The molecule has 0 amide bonds. The third-order valence-corrected chi connectivity index (χ3v) is 5.59. The molecule has 1 heterocycles. The van der Waals surface area contributed by atoms with Crippen molar-refractivity contribution in [3.8, 4) is 0 Å². The number of piperidine rings is 1. The quantitative estimate of drug-likeness (QED) is 0.880. The highest BCUT2D eigenvalue weighted by Gasteiger charge is 2.40. The van der Waals surface area contributed by atoms with Crippen LogP contribution >= 0.6 is 11.6 Å². The topological polar surface area (TPSA) is 15.3 Å². The second-order valence-electron chi connectivity index (χ2n) is 7.13. The Kier molecular flexibility index (Phi) is 4.46. The van der Waals surface area contributed by atoms with Gasteiger partial charge >= 0.3 is 0 Å². The van der Waals surface area contributed by atoms with E-state index in [0.717, 1.165) is 16.9 Å². The summed E-state index contributed by atoms with van der Waals surface area (Å²) in [6.45, 7) is 9.30. The summed E-state index contributed by atoms with van der Waals surface area (Å²) >= 11 is 6.17. The first kappa shape index (κ1) is 15.2. The number of aryl methyl sites for hydroxylation is 1. The molecule has 2 atom stereocenters. The molecule has 1 aromatic carbocycles. The van der Waals surface area contributed by atoms with Gasteiger partial charge in [-0.15, -0.1) is 0 Å². The predicted octanol–water partition coefficient (Wildman–Crippen LogP) is 4.57. The van der Waals surface area contributed by atoms with E-state index in [4.69, 9.17) is 11.6 Å². The van der Waals surface area contributed by atoms with E-state index >= 15 is 0 Å². The first-order valence-electron chi connectivity index (χ1n) is 8.31. The molecule has 1 aliphatic heterocycles. The highest BCUT2D eigenvalue weighted by molar-refractivity contribution is 6.30. The van der Waals surface area contributed by atoms with Crippen LogP contribution < -0.4 is 5.32 Å². The molecule has 1 saturated heterocycles. The lowest BCUT2D eigenvalue weighted by Gasteiger charge is -2.49. The minimum Gasteiger partial charge on any atom is -0.381 e. The first-order valence-corrected chi connectivity index (χ1v) is 8.69. The minimum atomic E-state index is 0.617. The summed E-state index contributed by atoms with van der Waals surface area (Å²) in [6, 6.07) is 7.46. The Morgan fingerprint density at radius 1 is 1.19 bits per heavy atom. The van der Waals surface area contributed by atoms with Crippen LogP contribution in [0.15, 0.2) is 18.2 Å². The van der Waals surface area contributed by atoms with Gasteiger partial charge in [0, 0.05) is 35.9 Å². The van der Waals surface area contributed by atoms with Crippen molar-refractivity contribution < 1.29 is 0 Å². The number of halogens is 1. The van der Waals surface area contributed by atoms with E-state index in [1.54, 1.807) is 0 Å². The Balaban J connectivity index is 1.78. The Bertz CT molecular complexity index is 486. The summed E-state index contributed by atoms with van der Waals surface area (Å²) in [5.74, 6) is 1.55. The van der Waals surface area contributed by atoms with Crippen LogP contribution in [0.3, 0.4) is 0 Å². The third kappa shape index (κ3) is 3.22. The molecule has 21 heavy (non-hydrogen) atoms. The maximum atomic E-state index is 6.17. The van der Waals surface area contributed by atoms with Crippen molar-refractivity contribution in [3.63, 3.8) is 0 Å².